The number of hydrogen-bond donors (Lipinski definition) is 1. The van der Waals surface area contributed by atoms with E-state index in [4.69, 9.17) is 4.74 Å². The van der Waals surface area contributed by atoms with Crippen LogP contribution in [0, 0.1) is 0 Å². The van der Waals surface area contributed by atoms with Crippen molar-refractivity contribution in [1.29, 1.82) is 0 Å². The number of para-hydroxylation sites is 1. The van der Waals surface area contributed by atoms with Crippen LogP contribution < -0.4 is 10.1 Å². The maximum atomic E-state index is 5.82. The summed E-state index contributed by atoms with van der Waals surface area (Å²) in [4.78, 5) is 2.51. The summed E-state index contributed by atoms with van der Waals surface area (Å²) < 4.78 is 5.82. The summed E-state index contributed by atoms with van der Waals surface area (Å²) in [5.41, 5.74) is 1.18. The first-order valence-electron chi connectivity index (χ1n) is 8.15. The van der Waals surface area contributed by atoms with Crippen LogP contribution in [0.15, 0.2) is 54.6 Å². The van der Waals surface area contributed by atoms with Gasteiger partial charge >= 0.3 is 0 Å². The zero-order valence-corrected chi connectivity index (χ0v) is 13.2. The van der Waals surface area contributed by atoms with Gasteiger partial charge in [-0.05, 0) is 55.8 Å². The van der Waals surface area contributed by atoms with Crippen molar-refractivity contribution in [3.8, 4) is 11.5 Å². The number of nitrogens with one attached hydrogen (secondary N) is 1. The molecule has 3 rings (SSSR count). The lowest BCUT2D eigenvalue weighted by atomic mass is 10.0. The van der Waals surface area contributed by atoms with E-state index in [-0.39, 0.29) is 0 Å². The van der Waals surface area contributed by atoms with E-state index in [1.165, 1.54) is 31.6 Å². The molecular formula is C19H24N2O. The standard InChI is InChI=1S/C19H24N2O/c1-2-21-14-12-17(13-15-21)20-16-8-10-19(11-9-16)22-18-6-4-3-5-7-18/h3-11,17,20H,2,12-15H2,1H3. The van der Waals surface area contributed by atoms with Crippen LogP contribution in [0.4, 0.5) is 5.69 Å². The predicted octanol–water partition coefficient (Wildman–Crippen LogP) is 4.38. The van der Waals surface area contributed by atoms with E-state index in [0.717, 1.165) is 18.0 Å². The maximum Gasteiger partial charge on any atom is 0.127 e. The smallest absolute Gasteiger partial charge is 0.127 e. The molecule has 1 saturated heterocycles. The molecule has 22 heavy (non-hydrogen) atoms. The summed E-state index contributed by atoms with van der Waals surface area (Å²) in [7, 11) is 0. The molecule has 0 aliphatic carbocycles. The Morgan fingerprint density at radius 1 is 0.955 bits per heavy atom. The fraction of sp³-hybridized carbons (Fsp3) is 0.368. The van der Waals surface area contributed by atoms with Crippen LogP contribution in [0.1, 0.15) is 19.8 Å². The normalized spacial score (nSPS) is 16.4. The summed E-state index contributed by atoms with van der Waals surface area (Å²) in [5, 5.41) is 3.63. The minimum absolute atomic E-state index is 0.587. The Balaban J connectivity index is 1.53. The molecule has 1 N–H and O–H groups in total. The highest BCUT2D eigenvalue weighted by atomic mass is 16.5. The zero-order chi connectivity index (χ0) is 15.2. The molecule has 0 radical (unpaired) electrons. The minimum Gasteiger partial charge on any atom is -0.457 e. The molecule has 2 aromatic carbocycles. The highest BCUT2D eigenvalue weighted by Gasteiger charge is 2.17. The van der Waals surface area contributed by atoms with Gasteiger partial charge in [-0.3, -0.25) is 0 Å². The van der Waals surface area contributed by atoms with Crippen LogP contribution >= 0.6 is 0 Å². The molecule has 0 atom stereocenters. The molecule has 3 heteroatoms. The van der Waals surface area contributed by atoms with E-state index in [2.05, 4.69) is 29.3 Å². The number of likely N-dealkylation sites (tertiary alicyclic amines) is 1. The third-order valence-electron chi connectivity index (χ3n) is 4.24. The molecular weight excluding hydrogens is 272 g/mol. The fourth-order valence-corrected chi connectivity index (χ4v) is 2.87. The van der Waals surface area contributed by atoms with Gasteiger partial charge in [-0.1, -0.05) is 25.1 Å². The molecule has 116 valence electrons. The van der Waals surface area contributed by atoms with E-state index in [1.807, 2.05) is 42.5 Å². The number of hydrogen-bond acceptors (Lipinski definition) is 3. The minimum atomic E-state index is 0.587. The average Bonchev–Trinajstić information content (AvgIpc) is 2.58. The quantitative estimate of drug-likeness (QED) is 0.886. The van der Waals surface area contributed by atoms with Crippen molar-refractivity contribution < 1.29 is 4.74 Å². The lowest BCUT2D eigenvalue weighted by Crippen LogP contribution is -2.38. The van der Waals surface area contributed by atoms with Gasteiger partial charge in [-0.25, -0.2) is 0 Å². The molecule has 1 aliphatic heterocycles. The van der Waals surface area contributed by atoms with E-state index in [9.17, 15) is 0 Å². The predicted molar refractivity (Wildman–Crippen MR) is 91.7 cm³/mol. The Kier molecular flexibility index (Phi) is 4.96. The molecule has 0 saturated carbocycles. The van der Waals surface area contributed by atoms with Crippen LogP contribution in [-0.4, -0.2) is 30.6 Å². The summed E-state index contributed by atoms with van der Waals surface area (Å²) in [6.07, 6.45) is 2.44. The maximum absolute atomic E-state index is 5.82. The fourth-order valence-electron chi connectivity index (χ4n) is 2.87. The second-order valence-electron chi connectivity index (χ2n) is 5.79. The third kappa shape index (κ3) is 4.01. The van der Waals surface area contributed by atoms with Gasteiger partial charge in [-0.15, -0.1) is 0 Å². The number of ether oxygens (including phenoxy) is 1. The van der Waals surface area contributed by atoms with E-state index < -0.39 is 0 Å². The van der Waals surface area contributed by atoms with Crippen molar-refractivity contribution in [2.45, 2.75) is 25.8 Å². The van der Waals surface area contributed by atoms with E-state index in [0.29, 0.717) is 6.04 Å². The molecule has 1 aliphatic rings. The van der Waals surface area contributed by atoms with Crippen molar-refractivity contribution >= 4 is 5.69 Å². The van der Waals surface area contributed by atoms with Crippen molar-refractivity contribution in [2.24, 2.45) is 0 Å². The molecule has 1 heterocycles. The summed E-state index contributed by atoms with van der Waals surface area (Å²) in [6.45, 7) is 5.80. The SMILES string of the molecule is CCN1CCC(Nc2ccc(Oc3ccccc3)cc2)CC1. The van der Waals surface area contributed by atoms with Crippen LogP contribution in [0.2, 0.25) is 0 Å². The van der Waals surface area contributed by atoms with Gasteiger partial charge in [0.05, 0.1) is 0 Å². The number of anilines is 1. The molecule has 0 amide bonds. The molecule has 0 unspecified atom stereocenters. The lowest BCUT2D eigenvalue weighted by molar-refractivity contribution is 0.229. The van der Waals surface area contributed by atoms with Crippen molar-refractivity contribution in [1.82, 2.24) is 4.90 Å². The first-order chi connectivity index (χ1) is 10.8. The summed E-state index contributed by atoms with van der Waals surface area (Å²) >= 11 is 0. The zero-order valence-electron chi connectivity index (χ0n) is 13.2. The van der Waals surface area contributed by atoms with Crippen LogP contribution in [-0.2, 0) is 0 Å². The van der Waals surface area contributed by atoms with Gasteiger partial charge in [0.25, 0.3) is 0 Å². The lowest BCUT2D eigenvalue weighted by Gasteiger charge is -2.32. The Morgan fingerprint density at radius 2 is 1.59 bits per heavy atom. The number of nitrogens with zero attached hydrogens (tertiary/aromatic N) is 1. The molecule has 0 bridgehead atoms. The van der Waals surface area contributed by atoms with Crippen molar-refractivity contribution in [3.63, 3.8) is 0 Å². The van der Waals surface area contributed by atoms with E-state index in [1.54, 1.807) is 0 Å². The Hall–Kier alpha value is -2.00. The summed E-state index contributed by atoms with van der Waals surface area (Å²) in [5.74, 6) is 1.74. The molecule has 1 fully saturated rings. The highest BCUT2D eigenvalue weighted by Crippen LogP contribution is 2.24. The van der Waals surface area contributed by atoms with Crippen molar-refractivity contribution in [3.05, 3.63) is 54.6 Å². The number of piperidine rings is 1. The highest BCUT2D eigenvalue weighted by molar-refractivity contribution is 5.48. The third-order valence-corrected chi connectivity index (χ3v) is 4.24. The molecule has 0 aromatic heterocycles. The average molecular weight is 296 g/mol. The summed E-state index contributed by atoms with van der Waals surface area (Å²) in [6, 6.07) is 18.7. The Bertz CT molecular complexity index is 560. The van der Waals surface area contributed by atoms with Crippen LogP contribution in [0.25, 0.3) is 0 Å². The van der Waals surface area contributed by atoms with Gasteiger partial charge in [0.15, 0.2) is 0 Å². The first-order valence-corrected chi connectivity index (χ1v) is 8.15. The molecule has 0 spiro atoms. The topological polar surface area (TPSA) is 24.5 Å². The van der Waals surface area contributed by atoms with Gasteiger partial charge < -0.3 is 15.0 Å². The second kappa shape index (κ2) is 7.32. The van der Waals surface area contributed by atoms with Gasteiger partial charge in [0.1, 0.15) is 11.5 Å². The molecule has 3 nitrogen and oxygen atoms in total. The first kappa shape index (κ1) is 14.9. The van der Waals surface area contributed by atoms with E-state index >= 15 is 0 Å². The van der Waals surface area contributed by atoms with Gasteiger partial charge in [0.2, 0.25) is 0 Å². The number of benzene rings is 2. The van der Waals surface area contributed by atoms with Gasteiger partial charge in [-0.2, -0.15) is 0 Å². The Morgan fingerprint density at radius 3 is 2.23 bits per heavy atom. The monoisotopic (exact) mass is 296 g/mol. The molecule has 2 aromatic rings. The second-order valence-corrected chi connectivity index (χ2v) is 5.79. The Labute approximate surface area is 132 Å². The number of rotatable bonds is 5. The van der Waals surface area contributed by atoms with Crippen LogP contribution in [0.5, 0.6) is 11.5 Å². The largest absolute Gasteiger partial charge is 0.457 e. The van der Waals surface area contributed by atoms with Crippen LogP contribution in [0.3, 0.4) is 0 Å². The van der Waals surface area contributed by atoms with Crippen molar-refractivity contribution in [2.75, 3.05) is 25.0 Å². The van der Waals surface area contributed by atoms with Gasteiger partial charge in [0, 0.05) is 24.8 Å².